The molecule has 0 bridgehead atoms. The van der Waals surface area contributed by atoms with Crippen molar-refractivity contribution in [2.24, 2.45) is 0 Å². The van der Waals surface area contributed by atoms with E-state index in [-0.39, 0.29) is 11.5 Å². The molecular weight excluding hydrogens is 236 g/mol. The van der Waals surface area contributed by atoms with Crippen LogP contribution >= 0.6 is 0 Å². The SMILES string of the molecule is CCCCCCCc1cc2ccccc2c(O)c1O. The number of unbranched alkanes of at least 4 members (excludes halogenated alkanes) is 4. The van der Waals surface area contributed by atoms with Gasteiger partial charge in [0.1, 0.15) is 0 Å². The molecule has 2 heteroatoms. The molecule has 19 heavy (non-hydrogen) atoms. The molecule has 0 aliphatic rings. The maximum atomic E-state index is 10.0. The molecule has 2 nitrogen and oxygen atoms in total. The number of aryl methyl sites for hydroxylation is 1. The predicted octanol–water partition coefficient (Wildman–Crippen LogP) is 4.76. The van der Waals surface area contributed by atoms with Crippen molar-refractivity contribution in [1.29, 1.82) is 0 Å². The van der Waals surface area contributed by atoms with Crippen LogP contribution in [0.15, 0.2) is 30.3 Å². The van der Waals surface area contributed by atoms with Gasteiger partial charge in [-0.3, -0.25) is 0 Å². The zero-order valence-electron chi connectivity index (χ0n) is 11.5. The van der Waals surface area contributed by atoms with Gasteiger partial charge in [0.2, 0.25) is 0 Å². The lowest BCUT2D eigenvalue weighted by atomic mass is 10.00. The van der Waals surface area contributed by atoms with Gasteiger partial charge in [0.25, 0.3) is 0 Å². The van der Waals surface area contributed by atoms with Crippen LogP contribution in [0.4, 0.5) is 0 Å². The summed E-state index contributed by atoms with van der Waals surface area (Å²) in [5.41, 5.74) is 0.854. The summed E-state index contributed by atoms with van der Waals surface area (Å²) in [7, 11) is 0. The molecule has 0 aliphatic heterocycles. The number of benzene rings is 2. The minimum Gasteiger partial charge on any atom is -0.504 e. The Morgan fingerprint density at radius 1 is 0.895 bits per heavy atom. The summed E-state index contributed by atoms with van der Waals surface area (Å²) in [6.45, 7) is 2.20. The first-order valence-corrected chi connectivity index (χ1v) is 7.16. The normalized spacial score (nSPS) is 11.0. The Labute approximate surface area is 114 Å². The van der Waals surface area contributed by atoms with Crippen LogP contribution in [0, 0.1) is 0 Å². The van der Waals surface area contributed by atoms with Crippen molar-refractivity contribution in [2.45, 2.75) is 45.4 Å². The summed E-state index contributed by atoms with van der Waals surface area (Å²) in [6.07, 6.45) is 6.83. The second-order valence-electron chi connectivity index (χ2n) is 5.12. The molecule has 0 spiro atoms. The van der Waals surface area contributed by atoms with Crippen LogP contribution in [0.5, 0.6) is 11.5 Å². The Hall–Kier alpha value is -1.70. The third-order valence-corrected chi connectivity index (χ3v) is 3.62. The molecule has 0 saturated carbocycles. The first-order chi connectivity index (χ1) is 9.24. The number of aromatic hydroxyl groups is 2. The van der Waals surface area contributed by atoms with Crippen LogP contribution in [0.1, 0.15) is 44.6 Å². The van der Waals surface area contributed by atoms with Crippen molar-refractivity contribution < 1.29 is 10.2 Å². The molecule has 0 saturated heterocycles. The van der Waals surface area contributed by atoms with Gasteiger partial charge in [-0.25, -0.2) is 0 Å². The van der Waals surface area contributed by atoms with Gasteiger partial charge in [-0.2, -0.15) is 0 Å². The second-order valence-corrected chi connectivity index (χ2v) is 5.12. The molecule has 0 fully saturated rings. The monoisotopic (exact) mass is 258 g/mol. The summed E-state index contributed by atoms with van der Waals surface area (Å²) in [4.78, 5) is 0. The Kier molecular flexibility index (Phi) is 4.67. The average Bonchev–Trinajstić information content (AvgIpc) is 2.44. The first kappa shape index (κ1) is 13.7. The van der Waals surface area contributed by atoms with Crippen LogP contribution in [0.3, 0.4) is 0 Å². The van der Waals surface area contributed by atoms with E-state index in [4.69, 9.17) is 0 Å². The van der Waals surface area contributed by atoms with Crippen molar-refractivity contribution in [3.05, 3.63) is 35.9 Å². The summed E-state index contributed by atoms with van der Waals surface area (Å²) in [5, 5.41) is 21.8. The zero-order valence-corrected chi connectivity index (χ0v) is 11.5. The Balaban J connectivity index is 2.12. The minimum absolute atomic E-state index is 0.0154. The molecule has 0 aliphatic carbocycles. The molecule has 0 amide bonds. The van der Waals surface area contributed by atoms with E-state index < -0.39 is 0 Å². The van der Waals surface area contributed by atoms with E-state index in [2.05, 4.69) is 6.92 Å². The van der Waals surface area contributed by atoms with E-state index in [1.807, 2.05) is 30.3 Å². The third-order valence-electron chi connectivity index (χ3n) is 3.62. The van der Waals surface area contributed by atoms with Gasteiger partial charge in [-0.05, 0) is 29.9 Å². The highest BCUT2D eigenvalue weighted by molar-refractivity contribution is 5.91. The van der Waals surface area contributed by atoms with Gasteiger partial charge in [0.15, 0.2) is 11.5 Å². The van der Waals surface area contributed by atoms with E-state index in [9.17, 15) is 10.2 Å². The highest BCUT2D eigenvalue weighted by atomic mass is 16.3. The van der Waals surface area contributed by atoms with Crippen LogP contribution in [-0.4, -0.2) is 10.2 Å². The highest BCUT2D eigenvalue weighted by Crippen LogP contribution is 2.37. The minimum atomic E-state index is 0.0154. The number of fused-ring (bicyclic) bond motifs is 1. The van der Waals surface area contributed by atoms with Crippen molar-refractivity contribution in [1.82, 2.24) is 0 Å². The molecule has 102 valence electrons. The fraction of sp³-hybridized carbons (Fsp3) is 0.412. The lowest BCUT2D eigenvalue weighted by Gasteiger charge is -2.09. The number of rotatable bonds is 6. The smallest absolute Gasteiger partial charge is 0.165 e. The van der Waals surface area contributed by atoms with Crippen molar-refractivity contribution in [3.63, 3.8) is 0 Å². The van der Waals surface area contributed by atoms with E-state index in [1.54, 1.807) is 0 Å². The maximum Gasteiger partial charge on any atom is 0.165 e. The second kappa shape index (κ2) is 6.46. The van der Waals surface area contributed by atoms with E-state index in [0.29, 0.717) is 0 Å². The zero-order chi connectivity index (χ0) is 13.7. The largest absolute Gasteiger partial charge is 0.504 e. The van der Waals surface area contributed by atoms with Gasteiger partial charge >= 0.3 is 0 Å². The van der Waals surface area contributed by atoms with Crippen molar-refractivity contribution >= 4 is 10.8 Å². The Morgan fingerprint density at radius 3 is 2.42 bits per heavy atom. The predicted molar refractivity (Wildman–Crippen MR) is 79.7 cm³/mol. The standard InChI is InChI=1S/C17H22O2/c1-2-3-4-5-6-10-14-12-13-9-7-8-11-15(13)17(19)16(14)18/h7-9,11-12,18-19H,2-6,10H2,1H3. The summed E-state index contributed by atoms with van der Waals surface area (Å²) >= 11 is 0. The lowest BCUT2D eigenvalue weighted by molar-refractivity contribution is 0.403. The lowest BCUT2D eigenvalue weighted by Crippen LogP contribution is -1.89. The molecule has 0 radical (unpaired) electrons. The summed E-state index contributed by atoms with van der Waals surface area (Å²) in [6, 6.07) is 9.60. The van der Waals surface area contributed by atoms with Crippen LogP contribution < -0.4 is 0 Å². The first-order valence-electron chi connectivity index (χ1n) is 7.16. The molecule has 2 rings (SSSR count). The average molecular weight is 258 g/mol. The van der Waals surface area contributed by atoms with Crippen LogP contribution in [0.2, 0.25) is 0 Å². The van der Waals surface area contributed by atoms with E-state index >= 15 is 0 Å². The molecular formula is C17H22O2. The topological polar surface area (TPSA) is 40.5 Å². The van der Waals surface area contributed by atoms with Gasteiger partial charge in [0, 0.05) is 5.39 Å². The quantitative estimate of drug-likeness (QED) is 0.579. The van der Waals surface area contributed by atoms with Gasteiger partial charge in [-0.15, -0.1) is 0 Å². The van der Waals surface area contributed by atoms with Crippen LogP contribution in [-0.2, 0) is 6.42 Å². The maximum absolute atomic E-state index is 10.0. The van der Waals surface area contributed by atoms with Crippen molar-refractivity contribution in [3.8, 4) is 11.5 Å². The molecule has 2 aromatic rings. The van der Waals surface area contributed by atoms with Gasteiger partial charge in [0.05, 0.1) is 0 Å². The number of hydrogen-bond acceptors (Lipinski definition) is 2. The Morgan fingerprint density at radius 2 is 1.63 bits per heavy atom. The molecule has 2 aromatic carbocycles. The molecule has 2 N–H and O–H groups in total. The molecule has 0 aromatic heterocycles. The number of phenolic OH excluding ortho intramolecular Hbond substituents is 2. The number of phenols is 2. The van der Waals surface area contributed by atoms with E-state index in [0.717, 1.165) is 29.2 Å². The molecule has 0 heterocycles. The van der Waals surface area contributed by atoms with Crippen molar-refractivity contribution in [2.75, 3.05) is 0 Å². The highest BCUT2D eigenvalue weighted by Gasteiger charge is 2.10. The molecule has 0 unspecified atom stereocenters. The molecule has 0 atom stereocenters. The fourth-order valence-corrected chi connectivity index (χ4v) is 2.48. The van der Waals surface area contributed by atoms with Gasteiger partial charge in [-0.1, -0.05) is 56.9 Å². The fourth-order valence-electron chi connectivity index (χ4n) is 2.48. The third kappa shape index (κ3) is 3.19. The number of hydrogen-bond donors (Lipinski definition) is 2. The van der Waals surface area contributed by atoms with Crippen LogP contribution in [0.25, 0.3) is 10.8 Å². The Bertz CT molecular complexity index is 546. The summed E-state index contributed by atoms with van der Waals surface area (Å²) < 4.78 is 0. The van der Waals surface area contributed by atoms with E-state index in [1.165, 1.54) is 25.7 Å². The van der Waals surface area contributed by atoms with Gasteiger partial charge < -0.3 is 10.2 Å². The summed E-state index contributed by atoms with van der Waals surface area (Å²) in [5.74, 6) is 0.0656.